The van der Waals surface area contributed by atoms with Gasteiger partial charge in [0.25, 0.3) is 5.91 Å². The van der Waals surface area contributed by atoms with Crippen LogP contribution >= 0.6 is 11.3 Å². The van der Waals surface area contributed by atoms with Gasteiger partial charge in [-0.1, -0.05) is 30.3 Å². The first-order valence-corrected chi connectivity index (χ1v) is 9.55. The average molecular weight is 395 g/mol. The zero-order valence-electron chi connectivity index (χ0n) is 15.9. The highest BCUT2D eigenvalue weighted by Gasteiger charge is 2.17. The molecule has 1 aromatic heterocycles. The molecule has 0 fully saturated rings. The van der Waals surface area contributed by atoms with E-state index in [1.54, 1.807) is 7.11 Å². The number of nitrogens with one attached hydrogen (secondary N) is 2. The monoisotopic (exact) mass is 395 g/mol. The number of rotatable bonds is 6. The van der Waals surface area contributed by atoms with E-state index in [0.29, 0.717) is 17.9 Å². The molecule has 6 nitrogen and oxygen atoms in total. The lowest BCUT2D eigenvalue weighted by molar-refractivity contribution is -0.114. The van der Waals surface area contributed by atoms with Crippen LogP contribution < -0.4 is 15.4 Å². The van der Waals surface area contributed by atoms with E-state index in [2.05, 4.69) is 15.6 Å². The summed E-state index contributed by atoms with van der Waals surface area (Å²) in [5, 5.41) is 6.39. The summed E-state index contributed by atoms with van der Waals surface area (Å²) in [4.78, 5) is 29.2. The van der Waals surface area contributed by atoms with Crippen molar-refractivity contribution in [2.45, 2.75) is 20.4 Å². The standard InChI is InChI=1S/C21H21N3O3S/c1-13-19(20(26)22-12-16-7-4-5-10-18(16)27-3)24-21(28-13)15-8-6-9-17(11-15)23-14(2)25/h4-11H,12H2,1-3H3,(H,22,26)(H,23,25). The third kappa shape index (κ3) is 4.55. The predicted molar refractivity (Wildman–Crippen MR) is 111 cm³/mol. The maximum Gasteiger partial charge on any atom is 0.271 e. The molecule has 3 aromatic rings. The summed E-state index contributed by atoms with van der Waals surface area (Å²) in [5.74, 6) is 0.362. The molecular weight excluding hydrogens is 374 g/mol. The minimum atomic E-state index is -0.232. The molecule has 1 heterocycles. The summed E-state index contributed by atoms with van der Waals surface area (Å²) in [5.41, 5.74) is 2.84. The molecule has 0 saturated heterocycles. The number of nitrogens with zero attached hydrogens (tertiary/aromatic N) is 1. The van der Waals surface area contributed by atoms with Crippen molar-refractivity contribution >= 4 is 28.8 Å². The lowest BCUT2D eigenvalue weighted by atomic mass is 10.2. The van der Waals surface area contributed by atoms with Gasteiger partial charge in [-0.25, -0.2) is 4.98 Å². The second-order valence-corrected chi connectivity index (χ2v) is 7.38. The number of thiazole rings is 1. The predicted octanol–water partition coefficient (Wildman–Crippen LogP) is 4.02. The number of amides is 2. The zero-order chi connectivity index (χ0) is 20.1. The lowest BCUT2D eigenvalue weighted by Gasteiger charge is -2.09. The number of para-hydroxylation sites is 1. The molecule has 2 N–H and O–H groups in total. The van der Waals surface area contributed by atoms with Crippen molar-refractivity contribution in [1.82, 2.24) is 10.3 Å². The van der Waals surface area contributed by atoms with E-state index in [1.807, 2.05) is 55.5 Å². The van der Waals surface area contributed by atoms with Gasteiger partial charge >= 0.3 is 0 Å². The van der Waals surface area contributed by atoms with Crippen LogP contribution in [-0.2, 0) is 11.3 Å². The van der Waals surface area contributed by atoms with Gasteiger partial charge < -0.3 is 15.4 Å². The summed E-state index contributed by atoms with van der Waals surface area (Å²) in [7, 11) is 1.60. The summed E-state index contributed by atoms with van der Waals surface area (Å²) in [6.45, 7) is 3.69. The van der Waals surface area contributed by atoms with Gasteiger partial charge in [-0.15, -0.1) is 11.3 Å². The molecule has 0 bridgehead atoms. The molecule has 0 aliphatic heterocycles. The van der Waals surface area contributed by atoms with Gasteiger partial charge in [-0.2, -0.15) is 0 Å². The van der Waals surface area contributed by atoms with Crippen LogP contribution in [-0.4, -0.2) is 23.9 Å². The van der Waals surface area contributed by atoms with Gasteiger partial charge in [0, 0.05) is 35.2 Å². The summed E-state index contributed by atoms with van der Waals surface area (Å²) in [6, 6.07) is 15.0. The summed E-state index contributed by atoms with van der Waals surface area (Å²) in [6.07, 6.45) is 0. The Kier molecular flexibility index (Phi) is 6.06. The van der Waals surface area contributed by atoms with Crippen LogP contribution in [0.5, 0.6) is 5.75 Å². The zero-order valence-corrected chi connectivity index (χ0v) is 16.7. The number of benzene rings is 2. The molecule has 0 aliphatic carbocycles. The quantitative estimate of drug-likeness (QED) is 0.661. The van der Waals surface area contributed by atoms with Gasteiger partial charge in [0.1, 0.15) is 16.5 Å². The Labute approximate surface area is 167 Å². The van der Waals surface area contributed by atoms with Gasteiger partial charge in [0.05, 0.1) is 7.11 Å². The first-order chi connectivity index (χ1) is 13.5. The fourth-order valence-corrected chi connectivity index (χ4v) is 3.68. The average Bonchev–Trinajstić information content (AvgIpc) is 3.08. The first-order valence-electron chi connectivity index (χ1n) is 8.73. The van der Waals surface area contributed by atoms with Gasteiger partial charge in [0.15, 0.2) is 0 Å². The Morgan fingerprint density at radius 2 is 1.93 bits per heavy atom. The molecule has 28 heavy (non-hydrogen) atoms. The van der Waals surface area contributed by atoms with Crippen LogP contribution in [0.3, 0.4) is 0 Å². The summed E-state index contributed by atoms with van der Waals surface area (Å²) < 4.78 is 5.31. The van der Waals surface area contributed by atoms with E-state index < -0.39 is 0 Å². The molecule has 2 aromatic carbocycles. The van der Waals surface area contributed by atoms with Gasteiger partial charge in [-0.3, -0.25) is 9.59 Å². The SMILES string of the molecule is COc1ccccc1CNC(=O)c1nc(-c2cccc(NC(C)=O)c2)sc1C. The van der Waals surface area contributed by atoms with E-state index in [0.717, 1.165) is 26.8 Å². The van der Waals surface area contributed by atoms with Crippen molar-refractivity contribution in [1.29, 1.82) is 0 Å². The Morgan fingerprint density at radius 1 is 1.14 bits per heavy atom. The molecular formula is C21H21N3O3S. The smallest absolute Gasteiger partial charge is 0.271 e. The van der Waals surface area contributed by atoms with Gasteiger partial charge in [-0.05, 0) is 25.1 Å². The Morgan fingerprint density at radius 3 is 2.68 bits per heavy atom. The number of carbonyl (C=O) groups excluding carboxylic acids is 2. The molecule has 144 valence electrons. The van der Waals surface area contributed by atoms with E-state index in [-0.39, 0.29) is 11.8 Å². The second-order valence-electron chi connectivity index (χ2n) is 6.18. The number of hydrogen-bond acceptors (Lipinski definition) is 5. The number of carbonyl (C=O) groups is 2. The highest BCUT2D eigenvalue weighted by molar-refractivity contribution is 7.15. The molecule has 2 amide bonds. The minimum absolute atomic E-state index is 0.135. The summed E-state index contributed by atoms with van der Waals surface area (Å²) >= 11 is 1.44. The Hall–Kier alpha value is -3.19. The molecule has 7 heteroatoms. The number of aromatic nitrogens is 1. The van der Waals surface area contributed by atoms with Crippen LogP contribution in [0.2, 0.25) is 0 Å². The number of anilines is 1. The fraction of sp³-hybridized carbons (Fsp3) is 0.190. The largest absolute Gasteiger partial charge is 0.496 e. The van der Waals surface area contributed by atoms with Crippen LogP contribution in [0.25, 0.3) is 10.6 Å². The minimum Gasteiger partial charge on any atom is -0.496 e. The number of hydrogen-bond donors (Lipinski definition) is 2. The molecule has 3 rings (SSSR count). The number of aryl methyl sites for hydroxylation is 1. The van der Waals surface area contributed by atoms with Crippen molar-refractivity contribution < 1.29 is 14.3 Å². The maximum absolute atomic E-state index is 12.6. The van der Waals surface area contributed by atoms with Gasteiger partial charge in [0.2, 0.25) is 5.91 Å². The topological polar surface area (TPSA) is 80.3 Å². The van der Waals surface area contributed by atoms with E-state index in [1.165, 1.54) is 18.3 Å². The molecule has 0 aliphatic rings. The lowest BCUT2D eigenvalue weighted by Crippen LogP contribution is -2.24. The molecule has 0 spiro atoms. The van der Waals surface area contributed by atoms with Crippen LogP contribution in [0.4, 0.5) is 5.69 Å². The van der Waals surface area contributed by atoms with E-state index >= 15 is 0 Å². The fourth-order valence-electron chi connectivity index (χ4n) is 2.77. The Balaban J connectivity index is 1.76. The van der Waals surface area contributed by atoms with Crippen molar-refractivity contribution in [3.63, 3.8) is 0 Å². The van der Waals surface area contributed by atoms with E-state index in [9.17, 15) is 9.59 Å². The van der Waals surface area contributed by atoms with Crippen LogP contribution in [0, 0.1) is 6.92 Å². The first kappa shape index (κ1) is 19.6. The third-order valence-electron chi connectivity index (χ3n) is 4.07. The van der Waals surface area contributed by atoms with Crippen molar-refractivity contribution in [3.8, 4) is 16.3 Å². The Bertz CT molecular complexity index is 1010. The molecule has 0 saturated carbocycles. The molecule has 0 radical (unpaired) electrons. The van der Waals surface area contributed by atoms with Crippen molar-refractivity contribution in [2.75, 3.05) is 12.4 Å². The maximum atomic E-state index is 12.6. The highest BCUT2D eigenvalue weighted by atomic mass is 32.1. The third-order valence-corrected chi connectivity index (χ3v) is 5.09. The normalized spacial score (nSPS) is 10.4. The number of ether oxygens (including phenoxy) is 1. The highest BCUT2D eigenvalue weighted by Crippen LogP contribution is 2.29. The van der Waals surface area contributed by atoms with Crippen molar-refractivity contribution in [2.24, 2.45) is 0 Å². The molecule has 0 unspecified atom stereocenters. The van der Waals surface area contributed by atoms with E-state index in [4.69, 9.17) is 4.74 Å². The van der Waals surface area contributed by atoms with Crippen LogP contribution in [0.1, 0.15) is 27.9 Å². The molecule has 0 atom stereocenters. The van der Waals surface area contributed by atoms with Crippen molar-refractivity contribution in [3.05, 3.63) is 64.7 Å². The number of methoxy groups -OCH3 is 1. The second kappa shape index (κ2) is 8.67. The van der Waals surface area contributed by atoms with Crippen LogP contribution in [0.15, 0.2) is 48.5 Å².